The van der Waals surface area contributed by atoms with Gasteiger partial charge in [0.1, 0.15) is 11.6 Å². The molecule has 9 nitrogen and oxygen atoms in total. The predicted molar refractivity (Wildman–Crippen MR) is 162 cm³/mol. The molecule has 4 aromatic carbocycles. The molecule has 0 unspecified atom stereocenters. The number of nitrogens with zero attached hydrogens (tertiary/aromatic N) is 3. The van der Waals surface area contributed by atoms with Gasteiger partial charge in [0.2, 0.25) is 0 Å². The summed E-state index contributed by atoms with van der Waals surface area (Å²) < 4.78 is 11.1. The second-order valence-corrected chi connectivity index (χ2v) is 10.3. The molecule has 0 radical (unpaired) electrons. The van der Waals surface area contributed by atoms with E-state index in [0.717, 1.165) is 71.1 Å². The van der Waals surface area contributed by atoms with Crippen LogP contribution < -0.4 is 19.9 Å². The van der Waals surface area contributed by atoms with Gasteiger partial charge in [-0.2, -0.15) is 0 Å². The number of aromatic amines is 1. The van der Waals surface area contributed by atoms with Crippen LogP contribution in [-0.4, -0.2) is 54.7 Å². The Balaban J connectivity index is 1.03. The van der Waals surface area contributed by atoms with Crippen molar-refractivity contribution in [3.63, 3.8) is 0 Å². The van der Waals surface area contributed by atoms with Gasteiger partial charge in [-0.3, -0.25) is 9.59 Å². The lowest BCUT2D eigenvalue weighted by Gasteiger charge is -2.29. The van der Waals surface area contributed by atoms with E-state index in [2.05, 4.69) is 21.3 Å². The second-order valence-electron chi connectivity index (χ2n) is 10.3. The van der Waals surface area contributed by atoms with E-state index in [1.165, 1.54) is 0 Å². The molecule has 2 aliphatic rings. The van der Waals surface area contributed by atoms with Crippen LogP contribution in [0.25, 0.3) is 22.4 Å². The first-order chi connectivity index (χ1) is 20.6. The Morgan fingerprint density at radius 2 is 1.71 bits per heavy atom. The Morgan fingerprint density at radius 3 is 2.52 bits per heavy atom. The van der Waals surface area contributed by atoms with Gasteiger partial charge in [0.15, 0.2) is 6.61 Å². The van der Waals surface area contributed by atoms with Crippen LogP contribution in [-0.2, 0) is 16.1 Å². The van der Waals surface area contributed by atoms with E-state index in [4.69, 9.17) is 14.5 Å². The number of imidazole rings is 1. The van der Waals surface area contributed by atoms with Crippen molar-refractivity contribution in [3.8, 4) is 17.1 Å². The maximum absolute atomic E-state index is 13.3. The zero-order valence-corrected chi connectivity index (χ0v) is 22.9. The fourth-order valence-corrected chi connectivity index (χ4v) is 5.41. The smallest absolute Gasteiger partial charge is 0.262 e. The van der Waals surface area contributed by atoms with E-state index < -0.39 is 0 Å². The molecule has 9 heteroatoms. The molecule has 0 spiro atoms. The van der Waals surface area contributed by atoms with Gasteiger partial charge in [0.25, 0.3) is 11.8 Å². The number of carbonyl (C=O) groups excluding carboxylic acids is 2. The average molecular weight is 560 g/mol. The maximum Gasteiger partial charge on any atom is 0.262 e. The highest BCUT2D eigenvalue weighted by Gasteiger charge is 2.29. The lowest BCUT2D eigenvalue weighted by molar-refractivity contribution is -0.118. The summed E-state index contributed by atoms with van der Waals surface area (Å²) in [6.45, 7) is 3.60. The number of hydrogen-bond acceptors (Lipinski definition) is 6. The Labute approximate surface area is 242 Å². The highest BCUT2D eigenvalue weighted by Crippen LogP contribution is 2.33. The van der Waals surface area contributed by atoms with E-state index in [0.29, 0.717) is 18.1 Å². The standard InChI is InChI=1S/C33H29N5O4/c39-31(34-24-4-2-1-3-5-24)21-42-27-10-6-22(7-11-27)32-35-29-13-9-26(19-30(29)36-32)38-20-23-18-25(8-12-28(23)33(38)40)37-14-16-41-17-15-37/h1-13,18-19H,14-17,20-21H2,(H,34,39)(H,35,36). The van der Waals surface area contributed by atoms with Crippen molar-refractivity contribution in [1.29, 1.82) is 0 Å². The molecule has 42 heavy (non-hydrogen) atoms. The minimum atomic E-state index is -0.226. The van der Waals surface area contributed by atoms with Gasteiger partial charge in [-0.25, -0.2) is 4.98 Å². The number of amides is 2. The summed E-state index contributed by atoms with van der Waals surface area (Å²) in [6, 6.07) is 28.7. The minimum Gasteiger partial charge on any atom is -0.484 e. The number of nitrogens with one attached hydrogen (secondary N) is 2. The van der Waals surface area contributed by atoms with Crippen LogP contribution in [0.1, 0.15) is 15.9 Å². The molecule has 5 aromatic rings. The van der Waals surface area contributed by atoms with Gasteiger partial charge in [-0.05, 0) is 78.4 Å². The van der Waals surface area contributed by atoms with Crippen molar-refractivity contribution in [1.82, 2.24) is 9.97 Å². The van der Waals surface area contributed by atoms with Gasteiger partial charge in [-0.1, -0.05) is 18.2 Å². The number of benzene rings is 4. The monoisotopic (exact) mass is 559 g/mol. The molecule has 1 aromatic heterocycles. The number of hydrogen-bond donors (Lipinski definition) is 2. The Kier molecular flexibility index (Phi) is 6.77. The van der Waals surface area contributed by atoms with Crippen LogP contribution >= 0.6 is 0 Å². The summed E-state index contributed by atoms with van der Waals surface area (Å²) in [6.07, 6.45) is 0. The quantitative estimate of drug-likeness (QED) is 0.283. The van der Waals surface area contributed by atoms with Crippen LogP contribution in [0.2, 0.25) is 0 Å². The number of anilines is 3. The van der Waals surface area contributed by atoms with E-state index in [1.807, 2.05) is 89.8 Å². The minimum absolute atomic E-state index is 0.00155. The van der Waals surface area contributed by atoms with Crippen LogP contribution in [0.3, 0.4) is 0 Å². The number of carbonyl (C=O) groups is 2. The molecule has 1 fully saturated rings. The highest BCUT2D eigenvalue weighted by molar-refractivity contribution is 6.10. The van der Waals surface area contributed by atoms with Crippen molar-refractivity contribution < 1.29 is 19.1 Å². The highest BCUT2D eigenvalue weighted by atomic mass is 16.5. The molecule has 2 aliphatic heterocycles. The third-order valence-electron chi connectivity index (χ3n) is 7.60. The molecule has 0 saturated carbocycles. The number of para-hydroxylation sites is 1. The molecule has 1 saturated heterocycles. The van der Waals surface area contributed by atoms with Gasteiger partial charge in [-0.15, -0.1) is 0 Å². The van der Waals surface area contributed by atoms with Gasteiger partial charge >= 0.3 is 0 Å². The predicted octanol–water partition coefficient (Wildman–Crippen LogP) is 5.24. The van der Waals surface area contributed by atoms with Crippen molar-refractivity contribution >= 4 is 39.9 Å². The summed E-state index contributed by atoms with van der Waals surface area (Å²) in [7, 11) is 0. The number of aromatic nitrogens is 2. The lowest BCUT2D eigenvalue weighted by atomic mass is 10.1. The Morgan fingerprint density at radius 1 is 0.929 bits per heavy atom. The first-order valence-corrected chi connectivity index (χ1v) is 14.0. The van der Waals surface area contributed by atoms with E-state index in [-0.39, 0.29) is 18.4 Å². The summed E-state index contributed by atoms with van der Waals surface area (Å²) in [5.41, 5.74) is 6.99. The maximum atomic E-state index is 13.3. The van der Waals surface area contributed by atoms with E-state index >= 15 is 0 Å². The average Bonchev–Trinajstić information content (AvgIpc) is 3.61. The van der Waals surface area contributed by atoms with E-state index in [9.17, 15) is 9.59 Å². The van der Waals surface area contributed by atoms with E-state index in [1.54, 1.807) is 0 Å². The summed E-state index contributed by atoms with van der Waals surface area (Å²) >= 11 is 0. The first kappa shape index (κ1) is 25.8. The first-order valence-electron chi connectivity index (χ1n) is 14.0. The summed E-state index contributed by atoms with van der Waals surface area (Å²) in [4.78, 5) is 37.7. The number of H-pyrrole nitrogens is 1. The number of morpholine rings is 1. The molecule has 0 atom stereocenters. The fourth-order valence-electron chi connectivity index (χ4n) is 5.41. The van der Waals surface area contributed by atoms with Crippen LogP contribution in [0, 0.1) is 0 Å². The van der Waals surface area contributed by atoms with Crippen molar-refractivity contribution in [2.75, 3.05) is 48.0 Å². The SMILES string of the molecule is O=C(COc1ccc(-c2nc3cc(N4Cc5cc(N6CCOCC6)ccc5C4=O)ccc3[nH]2)cc1)Nc1ccccc1. The molecular formula is C33H29N5O4. The van der Waals surface area contributed by atoms with Crippen LogP contribution in [0.15, 0.2) is 91.0 Å². The Hall–Kier alpha value is -5.15. The normalized spacial score (nSPS) is 14.7. The third-order valence-corrected chi connectivity index (χ3v) is 7.60. The summed E-state index contributed by atoms with van der Waals surface area (Å²) in [5, 5.41) is 2.80. The molecule has 210 valence electrons. The topological polar surface area (TPSA) is 99.8 Å². The molecule has 2 amide bonds. The zero-order chi connectivity index (χ0) is 28.5. The van der Waals surface area contributed by atoms with Crippen molar-refractivity contribution in [3.05, 3.63) is 102 Å². The number of ether oxygens (including phenoxy) is 2. The second kappa shape index (κ2) is 11.0. The van der Waals surface area contributed by atoms with Crippen LogP contribution in [0.4, 0.5) is 17.1 Å². The lowest BCUT2D eigenvalue weighted by Crippen LogP contribution is -2.36. The molecule has 7 rings (SSSR count). The van der Waals surface area contributed by atoms with Crippen LogP contribution in [0.5, 0.6) is 5.75 Å². The molecule has 2 N–H and O–H groups in total. The Bertz CT molecular complexity index is 1760. The largest absolute Gasteiger partial charge is 0.484 e. The molecular weight excluding hydrogens is 530 g/mol. The summed E-state index contributed by atoms with van der Waals surface area (Å²) in [5.74, 6) is 1.07. The molecule has 0 bridgehead atoms. The fraction of sp³-hybridized carbons (Fsp3) is 0.182. The van der Waals surface area contributed by atoms with Crippen molar-refractivity contribution in [2.24, 2.45) is 0 Å². The third kappa shape index (κ3) is 5.17. The zero-order valence-electron chi connectivity index (χ0n) is 22.9. The van der Waals surface area contributed by atoms with Gasteiger partial charge < -0.3 is 29.6 Å². The van der Waals surface area contributed by atoms with Gasteiger partial charge in [0, 0.05) is 41.3 Å². The van der Waals surface area contributed by atoms with Crippen molar-refractivity contribution in [2.45, 2.75) is 6.54 Å². The number of rotatable bonds is 7. The number of fused-ring (bicyclic) bond motifs is 2. The molecule has 3 heterocycles. The van der Waals surface area contributed by atoms with Gasteiger partial charge in [0.05, 0.1) is 30.8 Å². The molecule has 0 aliphatic carbocycles.